The molecule has 3 aromatic rings. The van der Waals surface area contributed by atoms with Gasteiger partial charge in [0.15, 0.2) is 0 Å². The van der Waals surface area contributed by atoms with E-state index in [0.29, 0.717) is 5.56 Å². The fraction of sp³-hybridized carbons (Fsp3) is 0.391. The van der Waals surface area contributed by atoms with E-state index >= 15 is 0 Å². The highest BCUT2D eigenvalue weighted by atomic mass is 35.5. The Labute approximate surface area is 205 Å². The summed E-state index contributed by atoms with van der Waals surface area (Å²) in [5, 5.41) is 22.0. The van der Waals surface area contributed by atoms with Gasteiger partial charge in [-0.15, -0.1) is 0 Å². The van der Waals surface area contributed by atoms with Gasteiger partial charge in [0.25, 0.3) is 0 Å². The van der Waals surface area contributed by atoms with Crippen LogP contribution in [-0.2, 0) is 0 Å². The van der Waals surface area contributed by atoms with E-state index in [-0.39, 0.29) is 48.4 Å². The normalized spacial score (nSPS) is 19.8. The molecule has 2 aliphatic rings. The molecule has 0 saturated carbocycles. The topological polar surface area (TPSA) is 101 Å². The largest absolute Gasteiger partial charge is 1.00 e. The van der Waals surface area contributed by atoms with E-state index in [1.807, 2.05) is 30.6 Å². The zero-order valence-electron chi connectivity index (χ0n) is 18.4. The van der Waals surface area contributed by atoms with Crippen molar-refractivity contribution in [3.8, 4) is 11.5 Å². The molecule has 10 heteroatoms. The minimum atomic E-state index is 0. The van der Waals surface area contributed by atoms with Crippen molar-refractivity contribution >= 4 is 11.9 Å². The highest BCUT2D eigenvalue weighted by Gasteiger charge is 2.39. The summed E-state index contributed by atoms with van der Waals surface area (Å²) in [7, 11) is 0. The monoisotopic (exact) mass is 490 g/mol. The van der Waals surface area contributed by atoms with Gasteiger partial charge in [-0.3, -0.25) is 9.80 Å². The zero-order chi connectivity index (χ0) is 21.4. The van der Waals surface area contributed by atoms with Gasteiger partial charge in [0.2, 0.25) is 0 Å². The van der Waals surface area contributed by atoms with Crippen LogP contribution in [0.25, 0.3) is 0 Å². The maximum absolute atomic E-state index is 11.0. The molecule has 2 atom stereocenters. The quantitative estimate of drug-likeness (QED) is 0.393. The molecule has 0 spiro atoms. The van der Waals surface area contributed by atoms with Gasteiger partial charge in [-0.25, -0.2) is 9.97 Å². The predicted octanol–water partition coefficient (Wildman–Crippen LogP) is -3.48. The van der Waals surface area contributed by atoms with Crippen LogP contribution in [0.1, 0.15) is 54.5 Å². The lowest BCUT2D eigenvalue weighted by molar-refractivity contribution is -0.369. The van der Waals surface area contributed by atoms with Crippen molar-refractivity contribution in [2.75, 3.05) is 22.9 Å². The second-order valence-corrected chi connectivity index (χ2v) is 8.29. The number of hydrogen-bond donors (Lipinski definition) is 2. The first-order chi connectivity index (χ1) is 15.1. The number of hydrogen-bond acceptors (Lipinski definition) is 6. The number of aromatic nitrogens is 4. The Morgan fingerprint density at radius 3 is 1.67 bits per heavy atom. The van der Waals surface area contributed by atoms with Crippen molar-refractivity contribution in [2.45, 2.75) is 44.7 Å². The molecule has 1 aromatic carbocycles. The lowest BCUT2D eigenvalue weighted by atomic mass is 9.92. The molecule has 2 saturated heterocycles. The van der Waals surface area contributed by atoms with Gasteiger partial charge >= 0.3 is 11.9 Å². The van der Waals surface area contributed by atoms with Gasteiger partial charge < -0.3 is 35.0 Å². The second-order valence-electron chi connectivity index (χ2n) is 8.29. The van der Waals surface area contributed by atoms with Crippen molar-refractivity contribution in [3.05, 3.63) is 59.7 Å². The molecule has 4 N–H and O–H groups in total. The number of rotatable bonds is 4. The lowest BCUT2D eigenvalue weighted by Crippen LogP contribution is -3.00. The Bertz CT molecular complexity index is 992. The SMILES string of the molecule is Cc1c(O)c(C2CCCN2c2nccc[nH+]2)cc(C2CCCN2c2nccc[nH+]2)c1O.[Cl-].[Cl-]. The number of nitrogens with zero attached hydrogens (tertiary/aromatic N) is 4. The van der Waals surface area contributed by atoms with Crippen LogP contribution in [0.4, 0.5) is 11.9 Å². The number of halogens is 2. The third-order valence-electron chi connectivity index (χ3n) is 6.52. The molecule has 2 unspecified atom stereocenters. The minimum absolute atomic E-state index is 0. The van der Waals surface area contributed by atoms with Gasteiger partial charge in [-0.2, -0.15) is 0 Å². The fourth-order valence-electron chi connectivity index (χ4n) is 4.99. The van der Waals surface area contributed by atoms with E-state index in [1.54, 1.807) is 19.3 Å². The van der Waals surface area contributed by atoms with Gasteiger partial charge in [0, 0.05) is 28.8 Å². The highest BCUT2D eigenvalue weighted by molar-refractivity contribution is 5.58. The maximum atomic E-state index is 11.0. The van der Waals surface area contributed by atoms with Crippen LogP contribution in [0, 0.1) is 6.92 Å². The standard InChI is InChI=1S/C23H26N6O2.2ClH/c1-15-20(30)16(18-6-2-12-28(18)22-24-8-4-9-25-22)14-17(21(15)31)19-7-3-13-29(19)23-26-10-5-11-27-23;;/h4-5,8-11,14,18-19,30-31H,2-3,6-7,12-13H2,1H3;2*1H. The number of aromatic amines is 2. The molecule has 2 fully saturated rings. The molecule has 2 aliphatic heterocycles. The van der Waals surface area contributed by atoms with Crippen molar-refractivity contribution in [1.82, 2.24) is 9.97 Å². The van der Waals surface area contributed by atoms with Crippen LogP contribution in [0.2, 0.25) is 0 Å². The summed E-state index contributed by atoms with van der Waals surface area (Å²) in [6.07, 6.45) is 11.1. The number of benzene rings is 1. The van der Waals surface area contributed by atoms with E-state index in [0.717, 1.165) is 61.8 Å². The summed E-state index contributed by atoms with van der Waals surface area (Å²) in [6, 6.07) is 5.72. The first-order valence-corrected chi connectivity index (χ1v) is 10.9. The molecule has 33 heavy (non-hydrogen) atoms. The van der Waals surface area contributed by atoms with Crippen molar-refractivity contribution in [3.63, 3.8) is 0 Å². The molecule has 0 aliphatic carbocycles. The number of H-pyrrole nitrogens is 2. The van der Waals surface area contributed by atoms with E-state index < -0.39 is 0 Å². The summed E-state index contributed by atoms with van der Waals surface area (Å²) < 4.78 is 0. The minimum Gasteiger partial charge on any atom is -1.00 e. The predicted molar refractivity (Wildman–Crippen MR) is 115 cm³/mol. The van der Waals surface area contributed by atoms with Crippen LogP contribution in [0.5, 0.6) is 11.5 Å². The number of phenolic OH excluding ortho intramolecular Hbond substituents is 2. The maximum Gasteiger partial charge on any atom is 0.391 e. The Morgan fingerprint density at radius 1 is 0.818 bits per heavy atom. The van der Waals surface area contributed by atoms with Gasteiger partial charge in [-0.1, -0.05) is 9.97 Å². The smallest absolute Gasteiger partial charge is 0.391 e. The van der Waals surface area contributed by atoms with Crippen LogP contribution in [-0.4, -0.2) is 33.3 Å². The molecular weight excluding hydrogens is 463 g/mol. The molecule has 0 radical (unpaired) electrons. The summed E-state index contributed by atoms with van der Waals surface area (Å²) in [5.74, 6) is 1.93. The van der Waals surface area contributed by atoms with Gasteiger partial charge in [0.1, 0.15) is 36.0 Å². The van der Waals surface area contributed by atoms with E-state index in [2.05, 4.69) is 29.7 Å². The lowest BCUT2D eigenvalue weighted by Gasteiger charge is -2.25. The molecule has 4 heterocycles. The molecule has 0 amide bonds. The first kappa shape index (κ1) is 24.8. The average Bonchev–Trinajstić information content (AvgIpc) is 3.49. The summed E-state index contributed by atoms with van der Waals surface area (Å²) in [5.41, 5.74) is 2.22. The molecule has 5 rings (SSSR count). The van der Waals surface area contributed by atoms with Crippen molar-refractivity contribution in [1.29, 1.82) is 0 Å². The van der Waals surface area contributed by atoms with E-state index in [1.165, 1.54) is 0 Å². The highest BCUT2D eigenvalue weighted by Crippen LogP contribution is 2.47. The van der Waals surface area contributed by atoms with Crippen molar-refractivity contribution in [2.24, 2.45) is 0 Å². The molecule has 2 aromatic heterocycles. The molecular formula is C23H28Cl2N6O2. The Balaban J connectivity index is 0.00000153. The first-order valence-electron chi connectivity index (χ1n) is 10.9. The van der Waals surface area contributed by atoms with Crippen LogP contribution >= 0.6 is 0 Å². The molecule has 176 valence electrons. The zero-order valence-corrected chi connectivity index (χ0v) is 19.9. The average molecular weight is 491 g/mol. The number of nitrogens with one attached hydrogen (secondary N) is 2. The number of phenols is 2. The number of aromatic hydroxyl groups is 2. The van der Waals surface area contributed by atoms with E-state index in [4.69, 9.17) is 0 Å². The Kier molecular flexibility index (Phi) is 7.81. The summed E-state index contributed by atoms with van der Waals surface area (Å²) in [6.45, 7) is 3.52. The Morgan fingerprint density at radius 2 is 1.27 bits per heavy atom. The third kappa shape index (κ3) is 4.50. The van der Waals surface area contributed by atoms with Crippen molar-refractivity contribution < 1.29 is 45.0 Å². The number of anilines is 2. The second kappa shape index (κ2) is 10.4. The fourth-order valence-corrected chi connectivity index (χ4v) is 4.99. The van der Waals surface area contributed by atoms with Gasteiger partial charge in [0.05, 0.1) is 25.5 Å². The summed E-state index contributed by atoms with van der Waals surface area (Å²) in [4.78, 5) is 19.8. The van der Waals surface area contributed by atoms with Crippen LogP contribution in [0.15, 0.2) is 43.0 Å². The summed E-state index contributed by atoms with van der Waals surface area (Å²) >= 11 is 0. The van der Waals surface area contributed by atoms with Crippen LogP contribution < -0.4 is 44.6 Å². The molecule has 0 bridgehead atoms. The molecule has 8 nitrogen and oxygen atoms in total. The van der Waals surface area contributed by atoms with Gasteiger partial charge in [-0.05, 0) is 38.7 Å². The van der Waals surface area contributed by atoms with Crippen LogP contribution in [0.3, 0.4) is 0 Å². The third-order valence-corrected chi connectivity index (χ3v) is 6.52. The van der Waals surface area contributed by atoms with E-state index in [9.17, 15) is 10.2 Å². The Hall–Kier alpha value is -2.84.